The molecule has 2 aliphatic rings. The number of benzene rings is 1. The molecule has 0 spiro atoms. The molecule has 5 rings (SSSR count). The van der Waals surface area contributed by atoms with Gasteiger partial charge in [0.15, 0.2) is 15.4 Å². The fourth-order valence-electron chi connectivity index (χ4n) is 4.53. The number of hydrogen-bond acceptors (Lipinski definition) is 9. The molecule has 1 aromatic carbocycles. The van der Waals surface area contributed by atoms with E-state index in [4.69, 9.17) is 9.15 Å². The lowest BCUT2D eigenvalue weighted by Crippen LogP contribution is -2.56. The molecular weight excluding hydrogens is 464 g/mol. The second-order valence-corrected chi connectivity index (χ2v) is 12.5. The highest BCUT2D eigenvalue weighted by Gasteiger charge is 2.45. The molecule has 2 unspecified atom stereocenters. The highest BCUT2D eigenvalue weighted by molar-refractivity contribution is 7.90. The monoisotopic (exact) mass is 490 g/mol. The molecule has 11 heteroatoms. The standard InChI is InChI=1S/C22H26N4O5S2/c1-22(2,3)31-21(27)26-13-5-6-14(26)12-25(11-13)20-24-17-10-15(33(4,28)29)9-16(18(17)30-20)19-23-7-8-32-19/h7-10,13-14H,5-6,11-12H2,1-4H3. The summed E-state index contributed by atoms with van der Waals surface area (Å²) in [6.45, 7) is 6.76. The summed E-state index contributed by atoms with van der Waals surface area (Å²) in [6.07, 6.45) is 4.35. The molecule has 0 aliphatic carbocycles. The summed E-state index contributed by atoms with van der Waals surface area (Å²) >= 11 is 1.41. The van der Waals surface area contributed by atoms with Crippen LogP contribution in [0.2, 0.25) is 0 Å². The summed E-state index contributed by atoms with van der Waals surface area (Å²) in [4.78, 5) is 25.8. The van der Waals surface area contributed by atoms with E-state index in [9.17, 15) is 13.2 Å². The van der Waals surface area contributed by atoms with Crippen molar-refractivity contribution in [1.82, 2.24) is 14.9 Å². The minimum absolute atomic E-state index is 0.0126. The van der Waals surface area contributed by atoms with Crippen LogP contribution in [0.25, 0.3) is 21.7 Å². The van der Waals surface area contributed by atoms with E-state index in [1.54, 1.807) is 18.3 Å². The maximum Gasteiger partial charge on any atom is 0.410 e. The van der Waals surface area contributed by atoms with E-state index in [1.165, 1.54) is 17.6 Å². The van der Waals surface area contributed by atoms with Gasteiger partial charge in [-0.25, -0.2) is 18.2 Å². The van der Waals surface area contributed by atoms with Crippen LogP contribution in [0.4, 0.5) is 10.8 Å². The lowest BCUT2D eigenvalue weighted by Gasteiger charge is -2.40. The molecule has 2 bridgehead atoms. The van der Waals surface area contributed by atoms with Gasteiger partial charge < -0.3 is 14.1 Å². The number of anilines is 1. The number of rotatable bonds is 3. The molecule has 4 heterocycles. The molecule has 0 saturated carbocycles. The predicted octanol–water partition coefficient (Wildman–Crippen LogP) is 3.94. The van der Waals surface area contributed by atoms with Crippen molar-refractivity contribution in [3.63, 3.8) is 0 Å². The molecule has 3 aromatic rings. The van der Waals surface area contributed by atoms with Crippen LogP contribution in [0.1, 0.15) is 33.6 Å². The van der Waals surface area contributed by atoms with E-state index in [1.807, 2.05) is 36.0 Å². The number of ether oxygens (including phenoxy) is 1. The van der Waals surface area contributed by atoms with Gasteiger partial charge in [-0.1, -0.05) is 0 Å². The van der Waals surface area contributed by atoms with Crippen LogP contribution in [0.5, 0.6) is 0 Å². The number of carbonyl (C=O) groups excluding carboxylic acids is 1. The van der Waals surface area contributed by atoms with Crippen molar-refractivity contribution in [2.45, 2.75) is 56.2 Å². The summed E-state index contributed by atoms with van der Waals surface area (Å²) in [5, 5.41) is 2.50. The molecule has 2 aromatic heterocycles. The SMILES string of the molecule is CC(C)(C)OC(=O)N1C2CCC1CN(c1nc3cc(S(C)(=O)=O)cc(-c4nccs4)c3o1)C2. The molecule has 2 atom stereocenters. The number of amides is 1. The Hall–Kier alpha value is -2.66. The number of fused-ring (bicyclic) bond motifs is 3. The zero-order chi connectivity index (χ0) is 23.5. The molecule has 2 aliphatic heterocycles. The molecule has 0 radical (unpaired) electrons. The van der Waals surface area contributed by atoms with Gasteiger partial charge in [0, 0.05) is 30.9 Å². The van der Waals surface area contributed by atoms with Gasteiger partial charge in [0.05, 0.1) is 22.5 Å². The van der Waals surface area contributed by atoms with Crippen LogP contribution in [0.15, 0.2) is 33.0 Å². The van der Waals surface area contributed by atoms with Crippen molar-refractivity contribution in [3.8, 4) is 10.6 Å². The number of oxazole rings is 1. The maximum atomic E-state index is 12.7. The van der Waals surface area contributed by atoms with Crippen molar-refractivity contribution >= 4 is 44.4 Å². The first-order valence-corrected chi connectivity index (χ1v) is 13.6. The average molecular weight is 491 g/mol. The van der Waals surface area contributed by atoms with Gasteiger partial charge in [0.25, 0.3) is 6.01 Å². The summed E-state index contributed by atoms with van der Waals surface area (Å²) in [6, 6.07) is 3.59. The Labute approximate surface area is 196 Å². The number of hydrogen-bond donors (Lipinski definition) is 0. The van der Waals surface area contributed by atoms with Crippen LogP contribution >= 0.6 is 11.3 Å². The number of aromatic nitrogens is 2. The van der Waals surface area contributed by atoms with Gasteiger partial charge in [0.1, 0.15) is 16.1 Å². The number of carbonyl (C=O) groups is 1. The maximum absolute atomic E-state index is 12.7. The number of piperazine rings is 1. The van der Waals surface area contributed by atoms with Crippen molar-refractivity contribution in [1.29, 1.82) is 0 Å². The van der Waals surface area contributed by atoms with Crippen LogP contribution in [-0.2, 0) is 14.6 Å². The van der Waals surface area contributed by atoms with Crippen molar-refractivity contribution in [2.75, 3.05) is 24.2 Å². The van der Waals surface area contributed by atoms with E-state index < -0.39 is 15.4 Å². The minimum atomic E-state index is -3.44. The lowest BCUT2D eigenvalue weighted by atomic mass is 10.2. The fraction of sp³-hybridized carbons (Fsp3) is 0.500. The Bertz CT molecular complexity index is 1300. The summed E-state index contributed by atoms with van der Waals surface area (Å²) in [7, 11) is -3.44. The van der Waals surface area contributed by atoms with Crippen LogP contribution < -0.4 is 4.90 Å². The van der Waals surface area contributed by atoms with Crippen molar-refractivity contribution in [2.24, 2.45) is 0 Å². The Balaban J connectivity index is 1.48. The highest BCUT2D eigenvalue weighted by atomic mass is 32.2. The summed E-state index contributed by atoms with van der Waals surface area (Å²) in [5.74, 6) is 0. The number of nitrogens with zero attached hydrogens (tertiary/aromatic N) is 4. The van der Waals surface area contributed by atoms with E-state index >= 15 is 0 Å². The first-order valence-electron chi connectivity index (χ1n) is 10.8. The molecule has 9 nitrogen and oxygen atoms in total. The summed E-state index contributed by atoms with van der Waals surface area (Å²) < 4.78 is 36.3. The van der Waals surface area contributed by atoms with E-state index in [0.717, 1.165) is 12.8 Å². The third-order valence-electron chi connectivity index (χ3n) is 5.90. The first kappa shape index (κ1) is 22.1. The Morgan fingerprint density at radius 2 is 1.91 bits per heavy atom. The van der Waals surface area contributed by atoms with E-state index in [0.29, 0.717) is 40.8 Å². The van der Waals surface area contributed by atoms with Gasteiger partial charge in [-0.15, -0.1) is 11.3 Å². The minimum Gasteiger partial charge on any atom is -0.444 e. The molecule has 176 valence electrons. The largest absolute Gasteiger partial charge is 0.444 e. The molecule has 1 amide bonds. The molecule has 33 heavy (non-hydrogen) atoms. The average Bonchev–Trinajstić information content (AvgIpc) is 3.43. The number of thiazole rings is 1. The van der Waals surface area contributed by atoms with Crippen LogP contribution in [0.3, 0.4) is 0 Å². The third kappa shape index (κ3) is 4.19. The zero-order valence-corrected chi connectivity index (χ0v) is 20.6. The van der Waals surface area contributed by atoms with E-state index in [2.05, 4.69) is 9.97 Å². The quantitative estimate of drug-likeness (QED) is 0.543. The van der Waals surface area contributed by atoms with Crippen LogP contribution in [0, 0.1) is 0 Å². The normalized spacial score (nSPS) is 21.1. The van der Waals surface area contributed by atoms with Crippen molar-refractivity contribution in [3.05, 3.63) is 23.7 Å². The van der Waals surface area contributed by atoms with Crippen molar-refractivity contribution < 1.29 is 22.4 Å². The van der Waals surface area contributed by atoms with Crippen LogP contribution in [-0.4, -0.2) is 66.4 Å². The van der Waals surface area contributed by atoms with Gasteiger partial charge >= 0.3 is 6.09 Å². The van der Waals surface area contributed by atoms with Gasteiger partial charge in [-0.2, -0.15) is 4.98 Å². The highest BCUT2D eigenvalue weighted by Crippen LogP contribution is 2.38. The smallest absolute Gasteiger partial charge is 0.410 e. The zero-order valence-electron chi connectivity index (χ0n) is 18.9. The lowest BCUT2D eigenvalue weighted by molar-refractivity contribution is 0.0120. The molecular formula is C22H26N4O5S2. The Morgan fingerprint density at radius 3 is 2.48 bits per heavy atom. The molecule has 2 saturated heterocycles. The first-order chi connectivity index (χ1) is 15.5. The Kier molecular flexibility index (Phi) is 5.16. The second-order valence-electron chi connectivity index (χ2n) is 9.60. The second kappa shape index (κ2) is 7.69. The Morgan fingerprint density at radius 1 is 1.21 bits per heavy atom. The molecule has 2 fully saturated rings. The molecule has 0 N–H and O–H groups in total. The predicted molar refractivity (Wildman–Crippen MR) is 125 cm³/mol. The number of sulfone groups is 1. The fourth-order valence-corrected chi connectivity index (χ4v) is 5.84. The summed E-state index contributed by atoms with van der Waals surface area (Å²) in [5.41, 5.74) is 1.05. The van der Waals surface area contributed by atoms with E-state index in [-0.39, 0.29) is 23.1 Å². The van der Waals surface area contributed by atoms with Gasteiger partial charge in [-0.05, 0) is 45.7 Å². The third-order valence-corrected chi connectivity index (χ3v) is 7.80. The topological polar surface area (TPSA) is 106 Å². The van der Waals surface area contributed by atoms with Gasteiger partial charge in [-0.3, -0.25) is 4.90 Å². The van der Waals surface area contributed by atoms with Gasteiger partial charge in [0.2, 0.25) is 0 Å².